The second kappa shape index (κ2) is 7.13. The summed E-state index contributed by atoms with van der Waals surface area (Å²) >= 11 is 0. The van der Waals surface area contributed by atoms with Crippen molar-refractivity contribution in [2.75, 3.05) is 25.1 Å². The standard InChI is InChI=1S/C18H24N6O/c25-17(23-24-11-7-14-2-1-8-19-16(14)24)15-5-3-13(4-6-15)12-22-18-20-9-10-21-18/h1-2,7-8,11,13,15H,3-6,9-10,12H2,(H,23,25)(H2,20,21,22). The molecule has 7 heteroatoms. The summed E-state index contributed by atoms with van der Waals surface area (Å²) in [6, 6.07) is 5.86. The van der Waals surface area contributed by atoms with Gasteiger partial charge >= 0.3 is 0 Å². The van der Waals surface area contributed by atoms with Gasteiger partial charge in [0.05, 0.1) is 6.54 Å². The van der Waals surface area contributed by atoms with Gasteiger partial charge in [-0.2, -0.15) is 0 Å². The number of rotatable bonds is 4. The summed E-state index contributed by atoms with van der Waals surface area (Å²) in [5.74, 6) is 1.71. The van der Waals surface area contributed by atoms with Crippen molar-refractivity contribution in [3.8, 4) is 0 Å². The highest BCUT2D eigenvalue weighted by Gasteiger charge is 2.27. The molecule has 1 saturated carbocycles. The van der Waals surface area contributed by atoms with E-state index in [0.29, 0.717) is 5.92 Å². The molecule has 1 aliphatic heterocycles. The van der Waals surface area contributed by atoms with Gasteiger partial charge in [0.1, 0.15) is 0 Å². The van der Waals surface area contributed by atoms with E-state index in [9.17, 15) is 4.79 Å². The molecule has 1 fully saturated rings. The molecule has 2 aliphatic rings. The predicted molar refractivity (Wildman–Crippen MR) is 97.9 cm³/mol. The normalized spacial score (nSPS) is 23.1. The van der Waals surface area contributed by atoms with Crippen molar-refractivity contribution in [3.63, 3.8) is 0 Å². The lowest BCUT2D eigenvalue weighted by atomic mass is 9.81. The van der Waals surface area contributed by atoms with Crippen molar-refractivity contribution in [1.82, 2.24) is 20.3 Å². The molecule has 3 heterocycles. The summed E-state index contributed by atoms with van der Waals surface area (Å²) in [7, 11) is 0. The Morgan fingerprint density at radius 1 is 1.28 bits per heavy atom. The quantitative estimate of drug-likeness (QED) is 0.787. The van der Waals surface area contributed by atoms with Gasteiger partial charge in [-0.15, -0.1) is 0 Å². The van der Waals surface area contributed by atoms with Crippen LogP contribution in [-0.2, 0) is 4.79 Å². The third kappa shape index (κ3) is 3.60. The molecule has 4 rings (SSSR count). The summed E-state index contributed by atoms with van der Waals surface area (Å²) in [5.41, 5.74) is 3.79. The molecule has 0 atom stereocenters. The van der Waals surface area contributed by atoms with Crippen LogP contribution in [-0.4, -0.2) is 41.2 Å². The zero-order valence-electron chi connectivity index (χ0n) is 14.2. The molecule has 25 heavy (non-hydrogen) atoms. The largest absolute Gasteiger partial charge is 0.356 e. The van der Waals surface area contributed by atoms with E-state index in [4.69, 9.17) is 0 Å². The first-order valence-electron chi connectivity index (χ1n) is 9.05. The fraction of sp³-hybridized carbons (Fsp3) is 0.500. The Bertz CT molecular complexity index is 775. The minimum absolute atomic E-state index is 0.0827. The second-order valence-electron chi connectivity index (χ2n) is 6.83. The lowest BCUT2D eigenvalue weighted by molar-refractivity contribution is -0.121. The summed E-state index contributed by atoms with van der Waals surface area (Å²) in [6.45, 7) is 2.72. The summed E-state index contributed by atoms with van der Waals surface area (Å²) in [4.78, 5) is 21.3. The molecule has 1 amide bonds. The Balaban J connectivity index is 1.28. The van der Waals surface area contributed by atoms with Crippen molar-refractivity contribution < 1.29 is 4.79 Å². The number of carbonyl (C=O) groups is 1. The molecule has 132 valence electrons. The van der Waals surface area contributed by atoms with Gasteiger partial charge in [0, 0.05) is 36.8 Å². The molecule has 0 radical (unpaired) electrons. The molecule has 7 nitrogen and oxygen atoms in total. The number of hydrogen-bond acceptors (Lipinski definition) is 5. The number of amides is 1. The summed E-state index contributed by atoms with van der Waals surface area (Å²) in [5, 5.41) is 7.64. The number of hydrogen-bond donors (Lipinski definition) is 3. The fourth-order valence-electron chi connectivity index (χ4n) is 3.65. The van der Waals surface area contributed by atoms with E-state index in [1.165, 1.54) is 0 Å². The van der Waals surface area contributed by atoms with Crippen LogP contribution < -0.4 is 16.1 Å². The number of carbonyl (C=O) groups excluding carboxylic acids is 1. The molecule has 0 unspecified atom stereocenters. The number of guanidine groups is 1. The molecule has 2 aromatic heterocycles. The smallest absolute Gasteiger partial charge is 0.241 e. The molecule has 0 aromatic carbocycles. The summed E-state index contributed by atoms with van der Waals surface area (Å²) < 4.78 is 1.73. The van der Waals surface area contributed by atoms with E-state index in [2.05, 4.69) is 26.0 Å². The Hall–Kier alpha value is -2.57. The maximum absolute atomic E-state index is 12.6. The number of nitrogens with one attached hydrogen (secondary N) is 3. The Kier molecular flexibility index (Phi) is 4.54. The van der Waals surface area contributed by atoms with Gasteiger partial charge in [-0.1, -0.05) is 0 Å². The Morgan fingerprint density at radius 3 is 2.96 bits per heavy atom. The molecular formula is C18H24N6O. The van der Waals surface area contributed by atoms with Gasteiger partial charge in [-0.05, 0) is 49.8 Å². The lowest BCUT2D eigenvalue weighted by Gasteiger charge is -2.28. The highest BCUT2D eigenvalue weighted by molar-refractivity contribution is 5.88. The van der Waals surface area contributed by atoms with Crippen LogP contribution in [0.2, 0.25) is 0 Å². The maximum Gasteiger partial charge on any atom is 0.241 e. The number of aliphatic imine (C=N–C) groups is 1. The predicted octanol–water partition coefficient (Wildman–Crippen LogP) is 1.46. The third-order valence-electron chi connectivity index (χ3n) is 5.13. The maximum atomic E-state index is 12.6. The number of aromatic nitrogens is 2. The molecule has 0 spiro atoms. The van der Waals surface area contributed by atoms with E-state index in [0.717, 1.165) is 62.3 Å². The molecule has 3 N–H and O–H groups in total. The minimum Gasteiger partial charge on any atom is -0.356 e. The van der Waals surface area contributed by atoms with Gasteiger partial charge < -0.3 is 10.6 Å². The van der Waals surface area contributed by atoms with Crippen molar-refractivity contribution >= 4 is 22.9 Å². The van der Waals surface area contributed by atoms with E-state index in [1.807, 2.05) is 24.4 Å². The first kappa shape index (κ1) is 15.9. The number of nitrogens with zero attached hydrogens (tertiary/aromatic N) is 3. The second-order valence-corrected chi connectivity index (χ2v) is 6.83. The Labute approximate surface area is 146 Å². The van der Waals surface area contributed by atoms with Crippen LogP contribution in [0.25, 0.3) is 11.0 Å². The number of fused-ring (bicyclic) bond motifs is 1. The SMILES string of the molecule is O=C(Nn1ccc2cccnc21)C1CCC(CNC2=NCCN2)CC1. The number of pyridine rings is 1. The molecular weight excluding hydrogens is 316 g/mol. The van der Waals surface area contributed by atoms with Crippen molar-refractivity contribution in [2.45, 2.75) is 25.7 Å². The zero-order valence-corrected chi connectivity index (χ0v) is 14.2. The van der Waals surface area contributed by atoms with Crippen molar-refractivity contribution in [3.05, 3.63) is 30.6 Å². The van der Waals surface area contributed by atoms with Gasteiger partial charge in [0.2, 0.25) is 5.91 Å². The van der Waals surface area contributed by atoms with E-state index < -0.39 is 0 Å². The van der Waals surface area contributed by atoms with Gasteiger partial charge in [-0.3, -0.25) is 15.2 Å². The molecule has 1 aliphatic carbocycles. The van der Waals surface area contributed by atoms with Crippen LogP contribution in [0.5, 0.6) is 0 Å². The van der Waals surface area contributed by atoms with Crippen LogP contribution in [0.15, 0.2) is 35.6 Å². The van der Waals surface area contributed by atoms with Crippen LogP contribution >= 0.6 is 0 Å². The van der Waals surface area contributed by atoms with Crippen LogP contribution in [0.4, 0.5) is 0 Å². The van der Waals surface area contributed by atoms with Crippen molar-refractivity contribution in [2.24, 2.45) is 16.8 Å². The molecule has 2 aromatic rings. The monoisotopic (exact) mass is 340 g/mol. The average Bonchev–Trinajstić information content (AvgIpc) is 3.31. The first-order valence-corrected chi connectivity index (χ1v) is 9.05. The lowest BCUT2D eigenvalue weighted by Crippen LogP contribution is -2.39. The molecule has 0 saturated heterocycles. The first-order chi connectivity index (χ1) is 12.3. The van der Waals surface area contributed by atoms with Gasteiger partial charge in [-0.25, -0.2) is 9.66 Å². The fourth-order valence-corrected chi connectivity index (χ4v) is 3.65. The topological polar surface area (TPSA) is 83.3 Å². The highest BCUT2D eigenvalue weighted by atomic mass is 16.2. The van der Waals surface area contributed by atoms with Crippen LogP contribution in [0.3, 0.4) is 0 Å². The minimum atomic E-state index is 0.0827. The van der Waals surface area contributed by atoms with Gasteiger partial charge in [0.15, 0.2) is 11.6 Å². The van der Waals surface area contributed by atoms with Crippen molar-refractivity contribution in [1.29, 1.82) is 0 Å². The third-order valence-corrected chi connectivity index (χ3v) is 5.13. The summed E-state index contributed by atoms with van der Waals surface area (Å²) in [6.07, 6.45) is 7.62. The Morgan fingerprint density at radius 2 is 2.16 bits per heavy atom. The average molecular weight is 340 g/mol. The zero-order chi connectivity index (χ0) is 17.1. The van der Waals surface area contributed by atoms with E-state index in [-0.39, 0.29) is 11.8 Å². The highest BCUT2D eigenvalue weighted by Crippen LogP contribution is 2.28. The van der Waals surface area contributed by atoms with E-state index in [1.54, 1.807) is 10.9 Å². The molecule has 0 bridgehead atoms. The van der Waals surface area contributed by atoms with Gasteiger partial charge in [0.25, 0.3) is 0 Å². The van der Waals surface area contributed by atoms with Crippen LogP contribution in [0, 0.1) is 11.8 Å². The van der Waals surface area contributed by atoms with E-state index >= 15 is 0 Å². The van der Waals surface area contributed by atoms with Crippen LogP contribution in [0.1, 0.15) is 25.7 Å².